The molecule has 6 nitrogen and oxygen atoms in total. The Morgan fingerprint density at radius 3 is 2.21 bits per heavy atom. The van der Waals surface area contributed by atoms with Crippen LogP contribution in [-0.4, -0.2) is 36.0 Å². The highest BCUT2D eigenvalue weighted by Crippen LogP contribution is 2.40. The monoisotopic (exact) mass is 467 g/mol. The van der Waals surface area contributed by atoms with Crippen molar-refractivity contribution in [1.29, 1.82) is 0 Å². The van der Waals surface area contributed by atoms with Crippen molar-refractivity contribution in [2.45, 2.75) is 18.3 Å². The minimum Gasteiger partial charge on any atom is -0.454 e. The van der Waals surface area contributed by atoms with Gasteiger partial charge in [-0.15, -0.1) is 0 Å². The molecule has 1 atom stereocenters. The number of nitrogens with zero attached hydrogens (tertiary/aromatic N) is 2. The number of carbonyl (C=O) groups excluding carboxylic acids is 2. The van der Waals surface area contributed by atoms with Crippen LogP contribution < -0.4 is 5.73 Å². The Morgan fingerprint density at radius 1 is 0.971 bits per heavy atom. The summed E-state index contributed by atoms with van der Waals surface area (Å²) in [6, 6.07) is 22.9. The number of ether oxygens (including phenoxy) is 1. The smallest absolute Gasteiger partial charge is 0.454 e. The van der Waals surface area contributed by atoms with Gasteiger partial charge in [0.2, 0.25) is 0 Å². The van der Waals surface area contributed by atoms with Crippen LogP contribution in [0.5, 0.6) is 0 Å². The first kappa shape index (κ1) is 23.0. The second kappa shape index (κ2) is 8.66. The topological polar surface area (TPSA) is 85.0 Å². The van der Waals surface area contributed by atoms with Crippen molar-refractivity contribution in [2.24, 2.45) is 10.7 Å². The van der Waals surface area contributed by atoms with E-state index in [4.69, 9.17) is 5.73 Å². The van der Waals surface area contributed by atoms with Crippen molar-refractivity contribution < 1.29 is 27.5 Å². The van der Waals surface area contributed by atoms with Gasteiger partial charge in [0.1, 0.15) is 6.61 Å². The first-order chi connectivity index (χ1) is 16.1. The van der Waals surface area contributed by atoms with Gasteiger partial charge >= 0.3 is 12.1 Å². The number of rotatable bonds is 5. The lowest BCUT2D eigenvalue weighted by Crippen LogP contribution is -2.41. The van der Waals surface area contributed by atoms with E-state index in [1.807, 2.05) is 42.5 Å². The van der Waals surface area contributed by atoms with Crippen LogP contribution in [-0.2, 0) is 26.5 Å². The molecule has 1 amide bonds. The van der Waals surface area contributed by atoms with Crippen molar-refractivity contribution in [2.75, 3.05) is 7.05 Å². The molecule has 174 valence electrons. The van der Waals surface area contributed by atoms with Gasteiger partial charge in [-0.3, -0.25) is 9.69 Å². The Hall–Kier alpha value is -4.14. The van der Waals surface area contributed by atoms with Crippen LogP contribution in [0.4, 0.5) is 13.2 Å². The molecular weight excluding hydrogens is 447 g/mol. The molecule has 4 rings (SSSR count). The summed E-state index contributed by atoms with van der Waals surface area (Å²) >= 11 is 0. The van der Waals surface area contributed by atoms with Crippen LogP contribution in [0.1, 0.15) is 16.7 Å². The second-order valence-corrected chi connectivity index (χ2v) is 7.76. The molecule has 0 aromatic heterocycles. The van der Waals surface area contributed by atoms with Gasteiger partial charge in [0.05, 0.1) is 0 Å². The fourth-order valence-electron chi connectivity index (χ4n) is 3.81. The summed E-state index contributed by atoms with van der Waals surface area (Å²) in [5.41, 5.74) is 7.90. The maximum atomic E-state index is 13.3. The molecule has 9 heteroatoms. The molecule has 1 aliphatic rings. The van der Waals surface area contributed by atoms with Crippen LogP contribution in [0.15, 0.2) is 83.9 Å². The summed E-state index contributed by atoms with van der Waals surface area (Å²) in [5.74, 6) is -2.41. The third-order valence-electron chi connectivity index (χ3n) is 5.60. The first-order valence-corrected chi connectivity index (χ1v) is 10.3. The molecule has 1 unspecified atom stereocenters. The van der Waals surface area contributed by atoms with E-state index < -0.39 is 24.3 Å². The summed E-state index contributed by atoms with van der Waals surface area (Å²) in [6.07, 6.45) is -5.04. The fourth-order valence-corrected chi connectivity index (χ4v) is 3.81. The summed E-state index contributed by atoms with van der Waals surface area (Å²) in [6.45, 7) is -0.495. The summed E-state index contributed by atoms with van der Waals surface area (Å²) in [4.78, 5) is 30.1. The van der Waals surface area contributed by atoms with Crippen molar-refractivity contribution >= 4 is 17.8 Å². The zero-order chi connectivity index (χ0) is 24.5. The first-order valence-electron chi connectivity index (χ1n) is 10.3. The average molecular weight is 467 g/mol. The van der Waals surface area contributed by atoms with Gasteiger partial charge in [0.25, 0.3) is 5.91 Å². The number of amides is 1. The lowest BCUT2D eigenvalue weighted by molar-refractivity contribution is -0.201. The van der Waals surface area contributed by atoms with E-state index in [-0.39, 0.29) is 11.9 Å². The molecule has 2 N–H and O–H groups in total. The normalized spacial score (nSPS) is 18.1. The number of nitrogens with two attached hydrogens (primary N) is 1. The fraction of sp³-hybridized carbons (Fsp3) is 0.160. The van der Waals surface area contributed by atoms with E-state index >= 15 is 0 Å². The molecule has 0 aliphatic carbocycles. The molecular formula is C25H20F3N3O3. The number of carbonyl (C=O) groups is 2. The number of esters is 1. The number of guanidine groups is 1. The highest BCUT2D eigenvalue weighted by molar-refractivity contribution is 6.09. The third-order valence-corrected chi connectivity index (χ3v) is 5.60. The number of hydrogen-bond donors (Lipinski definition) is 1. The van der Waals surface area contributed by atoms with Gasteiger partial charge < -0.3 is 10.5 Å². The maximum Gasteiger partial charge on any atom is 0.490 e. The SMILES string of the molecule is CN1C(=O)C(c2ccccc2)(c2cccc(-c3ccc(COC(=O)C(F)(F)F)cc3)c2)N=C1N. The number of benzene rings is 3. The number of aliphatic imine (C=N–C) groups is 1. The molecule has 0 radical (unpaired) electrons. The summed E-state index contributed by atoms with van der Waals surface area (Å²) in [7, 11) is 1.57. The Labute approximate surface area is 193 Å². The molecule has 3 aromatic carbocycles. The van der Waals surface area contributed by atoms with Gasteiger partial charge in [0, 0.05) is 7.05 Å². The molecule has 1 aliphatic heterocycles. The largest absolute Gasteiger partial charge is 0.490 e. The number of alkyl halides is 3. The molecule has 3 aromatic rings. The number of likely N-dealkylation sites (N-methyl/N-ethyl adjacent to an activating group) is 1. The van der Waals surface area contributed by atoms with Crippen molar-refractivity contribution in [1.82, 2.24) is 4.90 Å². The van der Waals surface area contributed by atoms with Crippen LogP contribution in [0.3, 0.4) is 0 Å². The van der Waals surface area contributed by atoms with Gasteiger partial charge in [0.15, 0.2) is 11.5 Å². The van der Waals surface area contributed by atoms with Gasteiger partial charge in [-0.05, 0) is 33.9 Å². The molecule has 1 heterocycles. The zero-order valence-corrected chi connectivity index (χ0v) is 18.0. The predicted molar refractivity (Wildman–Crippen MR) is 119 cm³/mol. The second-order valence-electron chi connectivity index (χ2n) is 7.76. The highest BCUT2D eigenvalue weighted by Gasteiger charge is 2.49. The molecule has 34 heavy (non-hydrogen) atoms. The molecule has 0 fully saturated rings. The molecule has 0 saturated carbocycles. The highest BCUT2D eigenvalue weighted by atomic mass is 19.4. The Kier molecular flexibility index (Phi) is 5.87. The lowest BCUT2D eigenvalue weighted by atomic mass is 9.82. The number of hydrogen-bond acceptors (Lipinski definition) is 5. The van der Waals surface area contributed by atoms with Gasteiger partial charge in [-0.1, -0.05) is 72.8 Å². The average Bonchev–Trinajstić information content (AvgIpc) is 3.07. The Balaban J connectivity index is 1.66. The Bertz CT molecular complexity index is 1260. The van der Waals surface area contributed by atoms with Crippen LogP contribution >= 0.6 is 0 Å². The summed E-state index contributed by atoms with van der Waals surface area (Å²) in [5, 5.41) is 0. The summed E-state index contributed by atoms with van der Waals surface area (Å²) < 4.78 is 41.2. The van der Waals surface area contributed by atoms with Crippen LogP contribution in [0, 0.1) is 0 Å². The predicted octanol–water partition coefficient (Wildman–Crippen LogP) is 3.99. The van der Waals surface area contributed by atoms with Crippen LogP contribution in [0.2, 0.25) is 0 Å². The molecule has 0 saturated heterocycles. The zero-order valence-electron chi connectivity index (χ0n) is 18.0. The van der Waals surface area contributed by atoms with Crippen molar-refractivity contribution in [3.05, 3.63) is 95.6 Å². The Morgan fingerprint density at radius 2 is 1.62 bits per heavy atom. The van der Waals surface area contributed by atoms with E-state index in [1.54, 1.807) is 43.4 Å². The standard InChI is InChI=1S/C25H20F3N3O3/c1-31-21(32)24(30-23(31)29,19-7-3-2-4-8-19)20-9-5-6-18(14-20)17-12-10-16(11-13-17)15-34-22(33)25(26,27)28/h2-14H,15H2,1H3,(H2,29,30). The maximum absolute atomic E-state index is 13.3. The molecule has 0 bridgehead atoms. The quantitative estimate of drug-likeness (QED) is 0.575. The van der Waals surface area contributed by atoms with Gasteiger partial charge in [-0.2, -0.15) is 13.2 Å². The van der Waals surface area contributed by atoms with E-state index in [9.17, 15) is 22.8 Å². The third kappa shape index (κ3) is 4.12. The molecule has 0 spiro atoms. The minimum atomic E-state index is -5.04. The number of halogens is 3. The minimum absolute atomic E-state index is 0.108. The van der Waals surface area contributed by atoms with E-state index in [1.165, 1.54) is 4.90 Å². The van der Waals surface area contributed by atoms with Crippen LogP contribution in [0.25, 0.3) is 11.1 Å². The van der Waals surface area contributed by atoms with Crippen molar-refractivity contribution in [3.63, 3.8) is 0 Å². The van der Waals surface area contributed by atoms with E-state index in [0.717, 1.165) is 11.1 Å². The lowest BCUT2D eigenvalue weighted by Gasteiger charge is -2.26. The van der Waals surface area contributed by atoms with Gasteiger partial charge in [-0.25, -0.2) is 9.79 Å². The van der Waals surface area contributed by atoms with E-state index in [2.05, 4.69) is 9.73 Å². The van der Waals surface area contributed by atoms with E-state index in [0.29, 0.717) is 16.7 Å². The van der Waals surface area contributed by atoms with Crippen molar-refractivity contribution in [3.8, 4) is 11.1 Å².